The molecular weight excluding hydrogens is 231 g/mol. The van der Waals surface area contributed by atoms with E-state index in [1.807, 2.05) is 31.7 Å². The van der Waals surface area contributed by atoms with Gasteiger partial charge in [-0.3, -0.25) is 0 Å². The van der Waals surface area contributed by atoms with Crippen molar-refractivity contribution in [2.24, 2.45) is 5.73 Å². The third-order valence-electron chi connectivity index (χ3n) is 2.99. The number of anilines is 1. The Labute approximate surface area is 108 Å². The Hall–Kier alpha value is -1.13. The Balaban J connectivity index is 2.98. The molecule has 1 aromatic rings. The molecule has 18 heavy (non-hydrogen) atoms. The van der Waals surface area contributed by atoms with Crippen LogP contribution in [0.1, 0.15) is 38.8 Å². The summed E-state index contributed by atoms with van der Waals surface area (Å²) in [5.74, 6) is -0.253. The SMILES string of the molecule is CC(C)N(CCCO)c1ccc([C@H](C)N)cc1F. The normalized spacial score (nSPS) is 12.8. The number of aliphatic hydroxyl groups is 1. The first-order chi connectivity index (χ1) is 8.47. The Kier molecular flexibility index (Phi) is 5.56. The highest BCUT2D eigenvalue weighted by Gasteiger charge is 2.15. The number of hydrogen-bond donors (Lipinski definition) is 2. The topological polar surface area (TPSA) is 49.5 Å². The minimum absolute atomic E-state index is 0.114. The second-order valence-corrected chi connectivity index (χ2v) is 4.86. The van der Waals surface area contributed by atoms with E-state index < -0.39 is 0 Å². The van der Waals surface area contributed by atoms with Gasteiger partial charge in [0, 0.05) is 25.2 Å². The van der Waals surface area contributed by atoms with Gasteiger partial charge in [0.1, 0.15) is 5.82 Å². The molecular formula is C14H23FN2O. The molecule has 0 fully saturated rings. The lowest BCUT2D eigenvalue weighted by molar-refractivity contribution is 0.288. The second-order valence-electron chi connectivity index (χ2n) is 4.86. The van der Waals surface area contributed by atoms with Crippen LogP contribution >= 0.6 is 0 Å². The molecule has 1 aromatic carbocycles. The summed E-state index contributed by atoms with van der Waals surface area (Å²) in [6, 6.07) is 5.14. The maximum atomic E-state index is 14.1. The van der Waals surface area contributed by atoms with E-state index >= 15 is 0 Å². The Morgan fingerprint density at radius 3 is 2.44 bits per heavy atom. The molecule has 0 aliphatic carbocycles. The van der Waals surface area contributed by atoms with E-state index in [9.17, 15) is 4.39 Å². The molecule has 4 heteroatoms. The van der Waals surface area contributed by atoms with Crippen LogP contribution in [0.2, 0.25) is 0 Å². The first-order valence-corrected chi connectivity index (χ1v) is 6.40. The third kappa shape index (κ3) is 3.68. The average molecular weight is 254 g/mol. The predicted octanol–water partition coefficient (Wildman–Crippen LogP) is 2.44. The van der Waals surface area contributed by atoms with Crippen molar-refractivity contribution in [1.29, 1.82) is 0 Å². The monoisotopic (exact) mass is 254 g/mol. The molecule has 0 aliphatic heterocycles. The van der Waals surface area contributed by atoms with Gasteiger partial charge < -0.3 is 15.7 Å². The van der Waals surface area contributed by atoms with E-state index in [0.29, 0.717) is 18.7 Å². The number of hydrogen-bond acceptors (Lipinski definition) is 3. The van der Waals surface area contributed by atoms with Crippen LogP contribution in [0.3, 0.4) is 0 Å². The number of nitrogens with two attached hydrogens (primary N) is 1. The van der Waals surface area contributed by atoms with Gasteiger partial charge in [-0.05, 0) is 44.9 Å². The predicted molar refractivity (Wildman–Crippen MR) is 73.2 cm³/mol. The van der Waals surface area contributed by atoms with Gasteiger partial charge in [-0.15, -0.1) is 0 Å². The van der Waals surface area contributed by atoms with Crippen molar-refractivity contribution in [3.05, 3.63) is 29.6 Å². The fourth-order valence-electron chi connectivity index (χ4n) is 1.94. The fraction of sp³-hybridized carbons (Fsp3) is 0.571. The number of halogens is 1. The summed E-state index contributed by atoms with van der Waals surface area (Å²) in [4.78, 5) is 1.95. The van der Waals surface area contributed by atoms with Gasteiger partial charge in [-0.25, -0.2) is 4.39 Å². The van der Waals surface area contributed by atoms with Crippen LogP contribution in [0, 0.1) is 5.82 Å². The maximum absolute atomic E-state index is 14.1. The van der Waals surface area contributed by atoms with E-state index in [4.69, 9.17) is 10.8 Å². The zero-order valence-electron chi connectivity index (χ0n) is 11.4. The van der Waals surface area contributed by atoms with Gasteiger partial charge in [-0.1, -0.05) is 6.07 Å². The van der Waals surface area contributed by atoms with Gasteiger partial charge in [-0.2, -0.15) is 0 Å². The fourth-order valence-corrected chi connectivity index (χ4v) is 1.94. The van der Waals surface area contributed by atoms with Crippen molar-refractivity contribution in [3.8, 4) is 0 Å². The van der Waals surface area contributed by atoms with Crippen LogP contribution in [-0.4, -0.2) is 24.3 Å². The summed E-state index contributed by atoms with van der Waals surface area (Å²) in [5, 5.41) is 8.89. The van der Waals surface area contributed by atoms with Crippen molar-refractivity contribution < 1.29 is 9.50 Å². The van der Waals surface area contributed by atoms with Crippen molar-refractivity contribution in [2.75, 3.05) is 18.1 Å². The molecule has 0 amide bonds. The molecule has 0 spiro atoms. The number of aliphatic hydroxyl groups excluding tert-OH is 1. The maximum Gasteiger partial charge on any atom is 0.146 e. The molecule has 0 saturated heterocycles. The van der Waals surface area contributed by atoms with Gasteiger partial charge in [0.05, 0.1) is 5.69 Å². The van der Waals surface area contributed by atoms with E-state index in [2.05, 4.69) is 0 Å². The zero-order chi connectivity index (χ0) is 13.7. The summed E-state index contributed by atoms with van der Waals surface area (Å²) < 4.78 is 14.1. The Morgan fingerprint density at radius 2 is 2.00 bits per heavy atom. The summed E-state index contributed by atoms with van der Waals surface area (Å²) in [6.45, 7) is 6.61. The standard InChI is InChI=1S/C14H23FN2O/c1-10(2)17(7-4-8-18)14-6-5-12(11(3)16)9-13(14)15/h5-6,9-11,18H,4,7-8,16H2,1-3H3/t11-/m0/s1. The third-order valence-corrected chi connectivity index (χ3v) is 2.99. The molecule has 0 saturated carbocycles. The minimum atomic E-state index is -0.253. The molecule has 0 unspecified atom stereocenters. The summed E-state index contributed by atoms with van der Waals surface area (Å²) in [5.41, 5.74) is 7.10. The first kappa shape index (κ1) is 14.9. The van der Waals surface area contributed by atoms with Gasteiger partial charge in [0.2, 0.25) is 0 Å². The second kappa shape index (κ2) is 6.71. The molecule has 1 atom stereocenters. The molecule has 3 nitrogen and oxygen atoms in total. The molecule has 102 valence electrons. The molecule has 0 aliphatic rings. The van der Waals surface area contributed by atoms with Gasteiger partial charge in [0.15, 0.2) is 0 Å². The molecule has 1 rings (SSSR count). The van der Waals surface area contributed by atoms with Crippen molar-refractivity contribution in [1.82, 2.24) is 0 Å². The van der Waals surface area contributed by atoms with Crippen LogP contribution < -0.4 is 10.6 Å². The first-order valence-electron chi connectivity index (χ1n) is 6.40. The molecule has 0 radical (unpaired) electrons. The lowest BCUT2D eigenvalue weighted by atomic mass is 10.1. The lowest BCUT2D eigenvalue weighted by Crippen LogP contribution is -2.33. The molecule has 3 N–H and O–H groups in total. The molecule has 0 aromatic heterocycles. The largest absolute Gasteiger partial charge is 0.396 e. The number of nitrogens with zero attached hydrogens (tertiary/aromatic N) is 1. The molecule has 0 bridgehead atoms. The van der Waals surface area contributed by atoms with Gasteiger partial charge in [0.25, 0.3) is 0 Å². The van der Waals surface area contributed by atoms with Crippen LogP contribution in [0.4, 0.5) is 10.1 Å². The summed E-state index contributed by atoms with van der Waals surface area (Å²) in [6.07, 6.45) is 0.632. The summed E-state index contributed by atoms with van der Waals surface area (Å²) >= 11 is 0. The van der Waals surface area contributed by atoms with Crippen LogP contribution in [-0.2, 0) is 0 Å². The quantitative estimate of drug-likeness (QED) is 0.819. The number of benzene rings is 1. The highest BCUT2D eigenvalue weighted by molar-refractivity contribution is 5.50. The highest BCUT2D eigenvalue weighted by atomic mass is 19.1. The summed E-state index contributed by atoms with van der Waals surface area (Å²) in [7, 11) is 0. The van der Waals surface area contributed by atoms with Crippen molar-refractivity contribution >= 4 is 5.69 Å². The highest BCUT2D eigenvalue weighted by Crippen LogP contribution is 2.24. The van der Waals surface area contributed by atoms with Crippen molar-refractivity contribution in [2.45, 2.75) is 39.3 Å². The number of rotatable bonds is 6. The lowest BCUT2D eigenvalue weighted by Gasteiger charge is -2.29. The van der Waals surface area contributed by atoms with E-state index in [0.717, 1.165) is 5.56 Å². The van der Waals surface area contributed by atoms with Crippen LogP contribution in [0.25, 0.3) is 0 Å². The van der Waals surface area contributed by atoms with Crippen molar-refractivity contribution in [3.63, 3.8) is 0 Å². The van der Waals surface area contributed by atoms with Crippen LogP contribution in [0.15, 0.2) is 18.2 Å². The zero-order valence-corrected chi connectivity index (χ0v) is 11.4. The average Bonchev–Trinajstić information content (AvgIpc) is 2.30. The van der Waals surface area contributed by atoms with Gasteiger partial charge >= 0.3 is 0 Å². The van der Waals surface area contributed by atoms with Crippen LogP contribution in [0.5, 0.6) is 0 Å². The molecule has 0 heterocycles. The van der Waals surface area contributed by atoms with E-state index in [1.165, 1.54) is 6.07 Å². The van der Waals surface area contributed by atoms with E-state index in [1.54, 1.807) is 6.07 Å². The smallest absolute Gasteiger partial charge is 0.146 e. The Bertz CT molecular complexity index is 380. The Morgan fingerprint density at radius 1 is 1.33 bits per heavy atom. The minimum Gasteiger partial charge on any atom is -0.396 e. The van der Waals surface area contributed by atoms with E-state index in [-0.39, 0.29) is 24.5 Å².